The maximum absolute atomic E-state index is 10.4. The van der Waals surface area contributed by atoms with Crippen molar-refractivity contribution >= 4 is 6.03 Å². The van der Waals surface area contributed by atoms with Gasteiger partial charge in [0.05, 0.1) is 0 Å². The molecule has 1 saturated carbocycles. The Kier molecular flexibility index (Phi) is 2.14. The van der Waals surface area contributed by atoms with E-state index in [2.05, 4.69) is 12.2 Å². The van der Waals surface area contributed by atoms with Crippen molar-refractivity contribution in [2.45, 2.75) is 32.2 Å². The highest BCUT2D eigenvalue weighted by Crippen LogP contribution is 2.24. The van der Waals surface area contributed by atoms with Gasteiger partial charge in [-0.25, -0.2) is 4.79 Å². The van der Waals surface area contributed by atoms with Crippen molar-refractivity contribution in [1.29, 1.82) is 0 Å². The molecule has 2 atom stereocenters. The van der Waals surface area contributed by atoms with Crippen molar-refractivity contribution in [2.75, 3.05) is 0 Å². The first-order valence-electron chi connectivity index (χ1n) is 3.74. The number of nitrogens with two attached hydrogens (primary N) is 1. The van der Waals surface area contributed by atoms with Crippen molar-refractivity contribution in [2.24, 2.45) is 11.7 Å². The lowest BCUT2D eigenvalue weighted by Gasteiger charge is -2.08. The van der Waals surface area contributed by atoms with E-state index >= 15 is 0 Å². The molecule has 2 amide bonds. The van der Waals surface area contributed by atoms with E-state index in [1.165, 1.54) is 6.42 Å². The van der Waals surface area contributed by atoms with E-state index < -0.39 is 0 Å². The first kappa shape index (κ1) is 7.38. The Morgan fingerprint density at radius 2 is 2.30 bits per heavy atom. The molecule has 0 saturated heterocycles. The maximum atomic E-state index is 10.4. The summed E-state index contributed by atoms with van der Waals surface area (Å²) in [6.45, 7) is 2.20. The van der Waals surface area contributed by atoms with Crippen LogP contribution in [0.25, 0.3) is 0 Å². The fourth-order valence-corrected chi connectivity index (χ4v) is 1.54. The second-order valence-corrected chi connectivity index (χ2v) is 3.12. The highest BCUT2D eigenvalue weighted by atomic mass is 16.2. The number of rotatable bonds is 1. The van der Waals surface area contributed by atoms with Crippen LogP contribution < -0.4 is 11.1 Å². The molecule has 3 nitrogen and oxygen atoms in total. The zero-order chi connectivity index (χ0) is 7.56. The van der Waals surface area contributed by atoms with Gasteiger partial charge in [-0.3, -0.25) is 0 Å². The Labute approximate surface area is 61.0 Å². The minimum absolute atomic E-state index is 0.340. The smallest absolute Gasteiger partial charge is 0.312 e. The van der Waals surface area contributed by atoms with Crippen molar-refractivity contribution in [3.63, 3.8) is 0 Å². The Hall–Kier alpha value is -0.730. The zero-order valence-corrected chi connectivity index (χ0v) is 6.26. The number of amides is 2. The fraction of sp³-hybridized carbons (Fsp3) is 0.857. The van der Waals surface area contributed by atoms with Crippen molar-refractivity contribution in [3.8, 4) is 0 Å². The molecule has 58 valence electrons. The van der Waals surface area contributed by atoms with Gasteiger partial charge in [0.15, 0.2) is 0 Å². The minimum Gasteiger partial charge on any atom is -0.352 e. The quantitative estimate of drug-likeness (QED) is 0.560. The molecule has 10 heavy (non-hydrogen) atoms. The predicted molar refractivity (Wildman–Crippen MR) is 39.5 cm³/mol. The van der Waals surface area contributed by atoms with E-state index in [1.54, 1.807) is 0 Å². The van der Waals surface area contributed by atoms with Gasteiger partial charge in [0.25, 0.3) is 0 Å². The average Bonchev–Trinajstić information content (AvgIpc) is 2.13. The normalized spacial score (nSPS) is 32.1. The van der Waals surface area contributed by atoms with Gasteiger partial charge in [-0.05, 0) is 25.2 Å². The van der Waals surface area contributed by atoms with E-state index in [1.807, 2.05) is 0 Å². The third-order valence-electron chi connectivity index (χ3n) is 2.04. The lowest BCUT2D eigenvalue weighted by Crippen LogP contribution is -2.36. The van der Waals surface area contributed by atoms with Crippen LogP contribution in [0.15, 0.2) is 0 Å². The number of primary amides is 1. The van der Waals surface area contributed by atoms with Gasteiger partial charge in [-0.1, -0.05) is 6.92 Å². The summed E-state index contributed by atoms with van der Waals surface area (Å²) in [5, 5.41) is 2.71. The van der Waals surface area contributed by atoms with Gasteiger partial charge in [-0.2, -0.15) is 0 Å². The SMILES string of the molecule is CC1CCC(NC(N)=O)C1. The van der Waals surface area contributed by atoms with Crippen LogP contribution in [0.1, 0.15) is 26.2 Å². The Balaban J connectivity index is 2.24. The molecule has 0 aromatic rings. The molecule has 1 aliphatic rings. The summed E-state index contributed by atoms with van der Waals surface area (Å²) < 4.78 is 0. The van der Waals surface area contributed by atoms with Crippen LogP contribution in [-0.2, 0) is 0 Å². The van der Waals surface area contributed by atoms with Gasteiger partial charge in [0.2, 0.25) is 0 Å². The molecular formula is C7H14N2O. The van der Waals surface area contributed by atoms with E-state index in [9.17, 15) is 4.79 Å². The predicted octanol–water partition coefficient (Wildman–Crippen LogP) is 0.843. The molecule has 0 aliphatic heterocycles. The topological polar surface area (TPSA) is 55.1 Å². The molecule has 0 aromatic carbocycles. The summed E-state index contributed by atoms with van der Waals surface area (Å²) >= 11 is 0. The lowest BCUT2D eigenvalue weighted by molar-refractivity contribution is 0.245. The molecule has 0 radical (unpaired) electrons. The van der Waals surface area contributed by atoms with Crippen molar-refractivity contribution < 1.29 is 4.79 Å². The lowest BCUT2D eigenvalue weighted by atomic mass is 10.1. The van der Waals surface area contributed by atoms with E-state index in [-0.39, 0.29) is 6.03 Å². The zero-order valence-electron chi connectivity index (χ0n) is 6.26. The summed E-state index contributed by atoms with van der Waals surface area (Å²) in [6.07, 6.45) is 3.39. The van der Waals surface area contributed by atoms with Gasteiger partial charge in [-0.15, -0.1) is 0 Å². The second kappa shape index (κ2) is 2.90. The van der Waals surface area contributed by atoms with Crippen LogP contribution >= 0.6 is 0 Å². The highest BCUT2D eigenvalue weighted by Gasteiger charge is 2.21. The molecule has 3 heteroatoms. The molecule has 2 unspecified atom stereocenters. The molecule has 1 aliphatic carbocycles. The number of nitrogens with one attached hydrogen (secondary N) is 1. The molecule has 0 heterocycles. The molecule has 0 aromatic heterocycles. The van der Waals surface area contributed by atoms with Crippen molar-refractivity contribution in [3.05, 3.63) is 0 Å². The maximum Gasteiger partial charge on any atom is 0.312 e. The number of carbonyl (C=O) groups excluding carboxylic acids is 1. The summed E-state index contributed by atoms with van der Waals surface area (Å²) in [4.78, 5) is 10.4. The summed E-state index contributed by atoms with van der Waals surface area (Å²) in [5.41, 5.74) is 4.97. The van der Waals surface area contributed by atoms with Crippen LogP contribution in [0.4, 0.5) is 4.79 Å². The molecule has 0 spiro atoms. The highest BCUT2D eigenvalue weighted by molar-refractivity contribution is 5.71. The van der Waals surface area contributed by atoms with E-state index in [0.29, 0.717) is 6.04 Å². The first-order chi connectivity index (χ1) is 4.68. The monoisotopic (exact) mass is 142 g/mol. The number of hydrogen-bond acceptors (Lipinski definition) is 1. The van der Waals surface area contributed by atoms with Crippen molar-refractivity contribution in [1.82, 2.24) is 5.32 Å². The Morgan fingerprint density at radius 1 is 1.60 bits per heavy atom. The minimum atomic E-state index is -0.390. The summed E-state index contributed by atoms with van der Waals surface area (Å²) in [5.74, 6) is 0.747. The molecule has 3 N–H and O–H groups in total. The van der Waals surface area contributed by atoms with Crippen LogP contribution in [-0.4, -0.2) is 12.1 Å². The first-order valence-corrected chi connectivity index (χ1v) is 3.74. The van der Waals surface area contributed by atoms with Crippen LogP contribution in [0, 0.1) is 5.92 Å². The second-order valence-electron chi connectivity index (χ2n) is 3.12. The van der Waals surface area contributed by atoms with E-state index in [4.69, 9.17) is 5.73 Å². The van der Waals surface area contributed by atoms with Gasteiger partial charge in [0, 0.05) is 6.04 Å². The largest absolute Gasteiger partial charge is 0.352 e. The molecule has 1 rings (SSSR count). The van der Waals surface area contributed by atoms with Gasteiger partial charge >= 0.3 is 6.03 Å². The van der Waals surface area contributed by atoms with Crippen LogP contribution in [0.5, 0.6) is 0 Å². The molecular weight excluding hydrogens is 128 g/mol. The van der Waals surface area contributed by atoms with Gasteiger partial charge in [0.1, 0.15) is 0 Å². The number of carbonyl (C=O) groups is 1. The summed E-state index contributed by atoms with van der Waals surface area (Å²) in [6, 6.07) is -0.0494. The number of urea groups is 1. The Bertz CT molecular complexity index is 136. The number of hydrogen-bond donors (Lipinski definition) is 2. The fourth-order valence-electron chi connectivity index (χ4n) is 1.54. The Morgan fingerprint density at radius 3 is 2.70 bits per heavy atom. The standard InChI is InChI=1S/C7H14N2O/c1-5-2-3-6(4-5)9-7(8)10/h5-6H,2-4H2,1H3,(H3,8,9,10). The third kappa shape index (κ3) is 1.90. The third-order valence-corrected chi connectivity index (χ3v) is 2.04. The average molecular weight is 142 g/mol. The van der Waals surface area contributed by atoms with E-state index in [0.717, 1.165) is 18.8 Å². The molecule has 0 bridgehead atoms. The summed E-state index contributed by atoms with van der Waals surface area (Å²) in [7, 11) is 0. The molecule has 1 fully saturated rings. The van der Waals surface area contributed by atoms with Crippen LogP contribution in [0.3, 0.4) is 0 Å². The van der Waals surface area contributed by atoms with Gasteiger partial charge < -0.3 is 11.1 Å². The van der Waals surface area contributed by atoms with Crippen LogP contribution in [0.2, 0.25) is 0 Å².